The maximum absolute atomic E-state index is 10.8. The topological polar surface area (TPSA) is 87.1 Å². The molecule has 3 atom stereocenters. The maximum Gasteiger partial charge on any atom is 0.308 e. The van der Waals surface area contributed by atoms with Gasteiger partial charge in [-0.25, -0.2) is 9.97 Å². The summed E-state index contributed by atoms with van der Waals surface area (Å²) in [6.07, 6.45) is 1.67. The van der Waals surface area contributed by atoms with Crippen molar-refractivity contribution in [2.24, 2.45) is 5.92 Å². The van der Waals surface area contributed by atoms with Gasteiger partial charge in [0.2, 0.25) is 0 Å². The Morgan fingerprint density at radius 1 is 1.53 bits per heavy atom. The third-order valence-corrected chi connectivity index (χ3v) is 3.29. The minimum absolute atomic E-state index is 0.0109. The summed E-state index contributed by atoms with van der Waals surface area (Å²) >= 11 is 0. The smallest absolute Gasteiger partial charge is 0.308 e. The van der Waals surface area contributed by atoms with E-state index < -0.39 is 5.97 Å². The van der Waals surface area contributed by atoms with Crippen LogP contribution in [0.1, 0.15) is 32.5 Å². The van der Waals surface area contributed by atoms with Gasteiger partial charge in [0.05, 0.1) is 5.92 Å². The molecule has 1 fully saturated rings. The average molecular weight is 264 g/mol. The number of aromatic nitrogens is 2. The zero-order chi connectivity index (χ0) is 14.0. The summed E-state index contributed by atoms with van der Waals surface area (Å²) < 4.78 is 0. The lowest BCUT2D eigenvalue weighted by Gasteiger charge is -2.14. The van der Waals surface area contributed by atoms with E-state index in [4.69, 9.17) is 5.11 Å². The molecule has 1 aromatic heterocycles. The molecule has 1 aromatic rings. The highest BCUT2D eigenvalue weighted by molar-refractivity contribution is 5.75. The van der Waals surface area contributed by atoms with Gasteiger partial charge in [-0.15, -0.1) is 0 Å². The van der Waals surface area contributed by atoms with Crippen LogP contribution in [-0.2, 0) is 4.79 Å². The van der Waals surface area contributed by atoms with Crippen molar-refractivity contribution >= 4 is 17.6 Å². The van der Waals surface area contributed by atoms with Crippen molar-refractivity contribution in [2.75, 3.05) is 10.6 Å². The van der Waals surface area contributed by atoms with Crippen LogP contribution in [0.2, 0.25) is 0 Å². The summed E-state index contributed by atoms with van der Waals surface area (Å²) in [5.41, 5.74) is 0. The van der Waals surface area contributed by atoms with Gasteiger partial charge < -0.3 is 15.7 Å². The zero-order valence-electron chi connectivity index (χ0n) is 11.5. The molecule has 3 N–H and O–H groups in total. The number of rotatable bonds is 6. The van der Waals surface area contributed by atoms with E-state index in [1.54, 1.807) is 0 Å². The lowest BCUT2D eigenvalue weighted by atomic mass is 10.2. The van der Waals surface area contributed by atoms with Crippen LogP contribution in [0.3, 0.4) is 0 Å². The molecule has 2 rings (SSSR count). The minimum atomic E-state index is -0.749. The van der Waals surface area contributed by atoms with Crippen LogP contribution >= 0.6 is 0 Å². The molecule has 0 bridgehead atoms. The van der Waals surface area contributed by atoms with Crippen LogP contribution in [0.5, 0.6) is 0 Å². The van der Waals surface area contributed by atoms with Crippen LogP contribution in [-0.4, -0.2) is 33.1 Å². The molecule has 0 saturated heterocycles. The van der Waals surface area contributed by atoms with Gasteiger partial charge >= 0.3 is 5.97 Å². The monoisotopic (exact) mass is 264 g/mol. The molecule has 0 spiro atoms. The summed E-state index contributed by atoms with van der Waals surface area (Å²) in [6.45, 7) is 6.02. The third kappa shape index (κ3) is 3.56. The second kappa shape index (κ2) is 5.42. The van der Waals surface area contributed by atoms with Crippen LogP contribution < -0.4 is 10.6 Å². The molecule has 1 saturated carbocycles. The fourth-order valence-electron chi connectivity index (χ4n) is 1.89. The first-order valence-electron chi connectivity index (χ1n) is 6.61. The molecular weight excluding hydrogens is 244 g/mol. The predicted octanol–water partition coefficient (Wildman–Crippen LogP) is 1.88. The van der Waals surface area contributed by atoms with Gasteiger partial charge in [0.15, 0.2) is 0 Å². The number of nitrogens with one attached hydrogen (secondary N) is 2. The first kappa shape index (κ1) is 13.6. The van der Waals surface area contributed by atoms with Crippen LogP contribution in [0.4, 0.5) is 11.6 Å². The van der Waals surface area contributed by atoms with E-state index in [9.17, 15) is 4.79 Å². The number of carbonyl (C=O) groups is 1. The van der Waals surface area contributed by atoms with Crippen molar-refractivity contribution in [3.05, 3.63) is 11.9 Å². The van der Waals surface area contributed by atoms with Gasteiger partial charge in [-0.05, 0) is 26.7 Å². The zero-order valence-corrected chi connectivity index (χ0v) is 11.5. The highest BCUT2D eigenvalue weighted by Gasteiger charge is 2.43. The Morgan fingerprint density at radius 3 is 2.79 bits per heavy atom. The van der Waals surface area contributed by atoms with Crippen molar-refractivity contribution in [2.45, 2.75) is 45.7 Å². The SMILES string of the molecule is CCC(C)Nc1cc(NC2CC2C(=O)O)nc(C)n1. The van der Waals surface area contributed by atoms with Crippen LogP contribution in [0, 0.1) is 12.8 Å². The molecule has 0 aromatic carbocycles. The van der Waals surface area contributed by atoms with E-state index in [-0.39, 0.29) is 12.0 Å². The number of hydrogen-bond acceptors (Lipinski definition) is 5. The lowest BCUT2D eigenvalue weighted by Crippen LogP contribution is -2.16. The fraction of sp³-hybridized carbons (Fsp3) is 0.615. The summed E-state index contributed by atoms with van der Waals surface area (Å²) in [4.78, 5) is 19.4. The highest BCUT2D eigenvalue weighted by atomic mass is 16.4. The molecule has 6 heteroatoms. The number of aliphatic carboxylic acids is 1. The number of anilines is 2. The summed E-state index contributed by atoms with van der Waals surface area (Å²) in [5, 5.41) is 15.3. The molecule has 0 radical (unpaired) electrons. The van der Waals surface area contributed by atoms with E-state index in [2.05, 4.69) is 34.4 Å². The standard InChI is InChI=1S/C13H20N4O2/c1-4-7(2)14-11-6-12(16-8(3)15-11)17-10-5-9(10)13(18)19/h6-7,9-10H,4-5H2,1-3H3,(H,18,19)(H2,14,15,16,17). The Bertz CT molecular complexity index is 478. The van der Waals surface area contributed by atoms with E-state index in [1.165, 1.54) is 0 Å². The van der Waals surface area contributed by atoms with Crippen molar-refractivity contribution in [3.63, 3.8) is 0 Å². The molecule has 0 amide bonds. The Balaban J connectivity index is 2.03. The number of aryl methyl sites for hydroxylation is 1. The number of carboxylic acid groups (broad SMARTS) is 1. The fourth-order valence-corrected chi connectivity index (χ4v) is 1.89. The molecule has 19 heavy (non-hydrogen) atoms. The van der Waals surface area contributed by atoms with Gasteiger partial charge in [0.1, 0.15) is 17.5 Å². The van der Waals surface area contributed by atoms with Gasteiger partial charge in [-0.3, -0.25) is 4.79 Å². The molecule has 1 aliphatic rings. The van der Waals surface area contributed by atoms with Crippen LogP contribution in [0.15, 0.2) is 6.07 Å². The summed E-state index contributed by atoms with van der Waals surface area (Å²) in [6, 6.07) is 2.16. The van der Waals surface area contributed by atoms with E-state index in [0.29, 0.717) is 24.1 Å². The molecule has 104 valence electrons. The van der Waals surface area contributed by atoms with Gasteiger partial charge in [-0.2, -0.15) is 0 Å². The Morgan fingerprint density at radius 2 is 2.21 bits per heavy atom. The van der Waals surface area contributed by atoms with Crippen LogP contribution in [0.25, 0.3) is 0 Å². The second-order valence-electron chi connectivity index (χ2n) is 5.07. The molecule has 3 unspecified atom stereocenters. The van der Waals surface area contributed by atoms with Crippen molar-refractivity contribution in [1.82, 2.24) is 9.97 Å². The Kier molecular flexibility index (Phi) is 3.87. The normalized spacial score (nSPS) is 22.7. The largest absolute Gasteiger partial charge is 0.481 e. The predicted molar refractivity (Wildman–Crippen MR) is 73.3 cm³/mol. The summed E-state index contributed by atoms with van der Waals surface area (Å²) in [7, 11) is 0. The molecule has 1 aliphatic carbocycles. The highest BCUT2D eigenvalue weighted by Crippen LogP contribution is 2.33. The number of hydrogen-bond donors (Lipinski definition) is 3. The number of carboxylic acids is 1. The Labute approximate surface area is 112 Å². The molecule has 1 heterocycles. The minimum Gasteiger partial charge on any atom is -0.481 e. The number of nitrogens with zero attached hydrogens (tertiary/aromatic N) is 2. The van der Waals surface area contributed by atoms with Gasteiger partial charge in [0.25, 0.3) is 0 Å². The first-order valence-corrected chi connectivity index (χ1v) is 6.61. The second-order valence-corrected chi connectivity index (χ2v) is 5.07. The Hall–Kier alpha value is -1.85. The van der Waals surface area contributed by atoms with Crippen molar-refractivity contribution in [3.8, 4) is 0 Å². The maximum atomic E-state index is 10.8. The lowest BCUT2D eigenvalue weighted by molar-refractivity contribution is -0.138. The third-order valence-electron chi connectivity index (χ3n) is 3.29. The van der Waals surface area contributed by atoms with E-state index in [1.807, 2.05) is 13.0 Å². The average Bonchev–Trinajstić information content (AvgIpc) is 3.07. The molecule has 6 nitrogen and oxygen atoms in total. The summed E-state index contributed by atoms with van der Waals surface area (Å²) in [5.74, 6) is 1.09. The van der Waals surface area contributed by atoms with E-state index in [0.717, 1.165) is 12.2 Å². The molecular formula is C13H20N4O2. The van der Waals surface area contributed by atoms with Gasteiger partial charge in [-0.1, -0.05) is 6.92 Å². The van der Waals surface area contributed by atoms with Crippen molar-refractivity contribution < 1.29 is 9.90 Å². The molecule has 0 aliphatic heterocycles. The first-order chi connectivity index (χ1) is 8.99. The van der Waals surface area contributed by atoms with Gasteiger partial charge in [0, 0.05) is 18.2 Å². The van der Waals surface area contributed by atoms with E-state index >= 15 is 0 Å². The quantitative estimate of drug-likeness (QED) is 0.727. The van der Waals surface area contributed by atoms with Crippen molar-refractivity contribution in [1.29, 1.82) is 0 Å².